The van der Waals surface area contributed by atoms with E-state index in [0.717, 1.165) is 15.8 Å². The van der Waals surface area contributed by atoms with Crippen LogP contribution < -0.4 is 14.9 Å². The lowest BCUT2D eigenvalue weighted by Crippen LogP contribution is -2.18. The largest absolute Gasteiger partial charge is 0.496 e. The van der Waals surface area contributed by atoms with Crippen molar-refractivity contribution in [1.29, 1.82) is 0 Å². The van der Waals surface area contributed by atoms with Gasteiger partial charge in [-0.15, -0.1) is 0 Å². The highest BCUT2D eigenvalue weighted by Crippen LogP contribution is 2.25. The van der Waals surface area contributed by atoms with Gasteiger partial charge in [0, 0.05) is 0 Å². The standard InChI is InChI=1S/C17H17BrN2O3/c1-3-23-16-9-8-12(10-14(16)18)11-19-20-17(21)13-6-4-5-7-15(13)22-2/h4-11H,3H2,1-2H3,(H,20,21)/b19-11+. The Balaban J connectivity index is 2.04. The van der Waals surface area contributed by atoms with Crippen LogP contribution in [0.5, 0.6) is 11.5 Å². The maximum absolute atomic E-state index is 12.1. The van der Waals surface area contributed by atoms with Crippen LogP contribution in [0.15, 0.2) is 52.0 Å². The van der Waals surface area contributed by atoms with Crippen molar-refractivity contribution in [2.45, 2.75) is 6.92 Å². The van der Waals surface area contributed by atoms with E-state index in [4.69, 9.17) is 9.47 Å². The molecule has 0 spiro atoms. The zero-order chi connectivity index (χ0) is 16.7. The Hall–Kier alpha value is -2.34. The number of nitrogens with one attached hydrogen (secondary N) is 1. The van der Waals surface area contributed by atoms with Crippen LogP contribution in [0.3, 0.4) is 0 Å². The van der Waals surface area contributed by atoms with Gasteiger partial charge in [0.25, 0.3) is 5.91 Å². The molecule has 0 aliphatic carbocycles. The van der Waals surface area contributed by atoms with Gasteiger partial charge in [0.2, 0.25) is 0 Å². The molecule has 0 radical (unpaired) electrons. The Kier molecular flexibility index (Phi) is 6.17. The fraction of sp³-hybridized carbons (Fsp3) is 0.176. The zero-order valence-corrected chi connectivity index (χ0v) is 14.5. The lowest BCUT2D eigenvalue weighted by Gasteiger charge is -2.07. The van der Waals surface area contributed by atoms with Crippen molar-refractivity contribution < 1.29 is 14.3 Å². The van der Waals surface area contributed by atoms with Gasteiger partial charge in [0.05, 0.1) is 30.0 Å². The number of amides is 1. The number of halogens is 1. The summed E-state index contributed by atoms with van der Waals surface area (Å²) in [6.45, 7) is 2.52. The molecular formula is C17H17BrN2O3. The SMILES string of the molecule is CCOc1ccc(/C=N/NC(=O)c2ccccc2OC)cc1Br. The van der Waals surface area contributed by atoms with Crippen molar-refractivity contribution in [3.05, 3.63) is 58.1 Å². The van der Waals surface area contributed by atoms with Crippen LogP contribution in [0.2, 0.25) is 0 Å². The molecule has 2 aromatic rings. The molecule has 2 rings (SSSR count). The van der Waals surface area contributed by atoms with Gasteiger partial charge in [-0.3, -0.25) is 4.79 Å². The Morgan fingerprint density at radius 1 is 1.26 bits per heavy atom. The Labute approximate surface area is 143 Å². The molecular weight excluding hydrogens is 360 g/mol. The predicted molar refractivity (Wildman–Crippen MR) is 93.4 cm³/mol. The molecule has 23 heavy (non-hydrogen) atoms. The maximum Gasteiger partial charge on any atom is 0.275 e. The molecule has 1 N–H and O–H groups in total. The van der Waals surface area contributed by atoms with E-state index in [1.807, 2.05) is 25.1 Å². The summed E-state index contributed by atoms with van der Waals surface area (Å²) >= 11 is 3.43. The number of rotatable bonds is 6. The zero-order valence-electron chi connectivity index (χ0n) is 12.9. The minimum atomic E-state index is -0.330. The lowest BCUT2D eigenvalue weighted by molar-refractivity contribution is 0.0952. The first-order valence-electron chi connectivity index (χ1n) is 7.04. The molecule has 6 heteroatoms. The van der Waals surface area contributed by atoms with E-state index in [-0.39, 0.29) is 5.91 Å². The summed E-state index contributed by atoms with van der Waals surface area (Å²) in [5.74, 6) is 0.940. The highest BCUT2D eigenvalue weighted by molar-refractivity contribution is 9.10. The molecule has 0 aliphatic rings. The second-order valence-corrected chi connectivity index (χ2v) is 5.38. The fourth-order valence-electron chi connectivity index (χ4n) is 1.93. The van der Waals surface area contributed by atoms with Crippen LogP contribution >= 0.6 is 15.9 Å². The number of hydrazone groups is 1. The average Bonchev–Trinajstić information content (AvgIpc) is 2.57. The minimum Gasteiger partial charge on any atom is -0.496 e. The van der Waals surface area contributed by atoms with Gasteiger partial charge in [-0.25, -0.2) is 5.43 Å². The third-order valence-corrected chi connectivity index (χ3v) is 3.61. The van der Waals surface area contributed by atoms with Crippen LogP contribution in [0, 0.1) is 0 Å². The summed E-state index contributed by atoms with van der Waals surface area (Å²) < 4.78 is 11.4. The Bertz CT molecular complexity index is 717. The van der Waals surface area contributed by atoms with E-state index >= 15 is 0 Å². The smallest absolute Gasteiger partial charge is 0.275 e. The van der Waals surface area contributed by atoms with Gasteiger partial charge in [-0.2, -0.15) is 5.10 Å². The second-order valence-electron chi connectivity index (χ2n) is 4.52. The molecule has 0 saturated carbocycles. The van der Waals surface area contributed by atoms with Crippen molar-refractivity contribution in [2.24, 2.45) is 5.10 Å². The summed E-state index contributed by atoms with van der Waals surface area (Å²) in [4.78, 5) is 12.1. The first-order valence-corrected chi connectivity index (χ1v) is 7.83. The van der Waals surface area contributed by atoms with E-state index in [1.165, 1.54) is 7.11 Å². The summed E-state index contributed by atoms with van der Waals surface area (Å²) in [6, 6.07) is 12.5. The number of para-hydroxylation sites is 1. The number of carbonyl (C=O) groups excluding carboxylic acids is 1. The van der Waals surface area contributed by atoms with Gasteiger partial charge in [-0.1, -0.05) is 12.1 Å². The molecule has 0 atom stereocenters. The summed E-state index contributed by atoms with van der Waals surface area (Å²) in [5, 5.41) is 3.97. The summed E-state index contributed by atoms with van der Waals surface area (Å²) in [5.41, 5.74) is 3.75. The van der Waals surface area contributed by atoms with Crippen LogP contribution in [0.4, 0.5) is 0 Å². The third-order valence-electron chi connectivity index (χ3n) is 2.99. The second kappa shape index (κ2) is 8.33. The van der Waals surface area contributed by atoms with Gasteiger partial charge < -0.3 is 9.47 Å². The van der Waals surface area contributed by atoms with Crippen molar-refractivity contribution in [3.8, 4) is 11.5 Å². The Morgan fingerprint density at radius 3 is 2.74 bits per heavy atom. The maximum atomic E-state index is 12.1. The van der Waals surface area contributed by atoms with Crippen molar-refractivity contribution in [3.63, 3.8) is 0 Å². The number of benzene rings is 2. The fourth-order valence-corrected chi connectivity index (χ4v) is 2.44. The van der Waals surface area contributed by atoms with Crippen molar-refractivity contribution in [1.82, 2.24) is 5.43 Å². The van der Waals surface area contributed by atoms with Gasteiger partial charge >= 0.3 is 0 Å². The van der Waals surface area contributed by atoms with Gasteiger partial charge in [0.1, 0.15) is 11.5 Å². The van der Waals surface area contributed by atoms with E-state index in [1.54, 1.807) is 30.5 Å². The number of methoxy groups -OCH3 is 1. The van der Waals surface area contributed by atoms with E-state index in [0.29, 0.717) is 17.9 Å². The monoisotopic (exact) mass is 376 g/mol. The van der Waals surface area contributed by atoms with Gasteiger partial charge in [-0.05, 0) is 58.7 Å². The number of ether oxygens (including phenoxy) is 2. The first-order chi connectivity index (χ1) is 11.2. The summed E-state index contributed by atoms with van der Waals surface area (Å²) in [7, 11) is 1.52. The molecule has 1 amide bonds. The molecule has 0 bridgehead atoms. The molecule has 2 aromatic carbocycles. The lowest BCUT2D eigenvalue weighted by atomic mass is 10.2. The molecule has 0 aliphatic heterocycles. The Morgan fingerprint density at radius 2 is 2.04 bits per heavy atom. The van der Waals surface area contributed by atoms with Crippen molar-refractivity contribution >= 4 is 28.1 Å². The third kappa shape index (κ3) is 4.56. The topological polar surface area (TPSA) is 59.9 Å². The molecule has 120 valence electrons. The van der Waals surface area contributed by atoms with Gasteiger partial charge in [0.15, 0.2) is 0 Å². The van der Waals surface area contributed by atoms with E-state index in [2.05, 4.69) is 26.5 Å². The quantitative estimate of drug-likeness (QED) is 0.618. The van der Waals surface area contributed by atoms with Crippen LogP contribution in [0.25, 0.3) is 0 Å². The van der Waals surface area contributed by atoms with Crippen LogP contribution in [-0.4, -0.2) is 25.8 Å². The highest BCUT2D eigenvalue weighted by Gasteiger charge is 2.10. The van der Waals surface area contributed by atoms with Crippen LogP contribution in [0.1, 0.15) is 22.8 Å². The van der Waals surface area contributed by atoms with Crippen molar-refractivity contribution in [2.75, 3.05) is 13.7 Å². The first kappa shape index (κ1) is 17.0. The average molecular weight is 377 g/mol. The molecule has 0 heterocycles. The predicted octanol–water partition coefficient (Wildman–Crippen LogP) is 3.62. The number of hydrogen-bond acceptors (Lipinski definition) is 4. The molecule has 0 saturated heterocycles. The number of nitrogens with zero attached hydrogens (tertiary/aromatic N) is 1. The summed E-state index contributed by atoms with van der Waals surface area (Å²) in [6.07, 6.45) is 1.56. The molecule has 0 fully saturated rings. The van der Waals surface area contributed by atoms with E-state index in [9.17, 15) is 4.79 Å². The number of carbonyl (C=O) groups is 1. The van der Waals surface area contributed by atoms with E-state index < -0.39 is 0 Å². The molecule has 5 nitrogen and oxygen atoms in total. The molecule has 0 aromatic heterocycles. The normalized spacial score (nSPS) is 10.6. The molecule has 0 unspecified atom stereocenters. The highest BCUT2D eigenvalue weighted by atomic mass is 79.9. The minimum absolute atomic E-state index is 0.330. The number of hydrogen-bond donors (Lipinski definition) is 1. The van der Waals surface area contributed by atoms with Crippen LogP contribution in [-0.2, 0) is 0 Å².